The number of aryl methyl sites for hydroxylation is 1. The molecule has 0 radical (unpaired) electrons. The maximum absolute atomic E-state index is 12.6. The van der Waals surface area contributed by atoms with E-state index in [0.717, 1.165) is 32.7 Å². The Bertz CT molecular complexity index is 746. The Kier molecular flexibility index (Phi) is 5.14. The van der Waals surface area contributed by atoms with Crippen LogP contribution in [0.2, 0.25) is 0 Å². The standard InChI is InChI=1S/C18H22N4O3/c1-3-21-8-10-22(11-9-21)18(24)15-6-4-14(5-7-15)17(23)19-16-12-13(2)25-20-16/h4-7,12H,3,8-11H2,1-2H3,(H,19,20,23). The first-order valence-electron chi connectivity index (χ1n) is 8.43. The molecule has 0 spiro atoms. The molecule has 0 unspecified atom stereocenters. The minimum absolute atomic E-state index is 0.00911. The maximum Gasteiger partial charge on any atom is 0.256 e. The first-order valence-corrected chi connectivity index (χ1v) is 8.43. The lowest BCUT2D eigenvalue weighted by molar-refractivity contribution is 0.0643. The molecule has 1 saturated heterocycles. The van der Waals surface area contributed by atoms with E-state index < -0.39 is 0 Å². The molecular formula is C18H22N4O3. The quantitative estimate of drug-likeness (QED) is 0.919. The number of carbonyl (C=O) groups is 2. The minimum atomic E-state index is -0.288. The number of carbonyl (C=O) groups excluding carboxylic acids is 2. The van der Waals surface area contributed by atoms with Crippen molar-refractivity contribution in [1.82, 2.24) is 15.0 Å². The van der Waals surface area contributed by atoms with Gasteiger partial charge in [0, 0.05) is 43.4 Å². The molecule has 0 aliphatic carbocycles. The van der Waals surface area contributed by atoms with Crippen LogP contribution >= 0.6 is 0 Å². The fourth-order valence-corrected chi connectivity index (χ4v) is 2.83. The molecule has 1 aromatic heterocycles. The second-order valence-electron chi connectivity index (χ2n) is 6.08. The molecule has 0 atom stereocenters. The third-order valence-electron chi connectivity index (χ3n) is 4.37. The topological polar surface area (TPSA) is 78.7 Å². The number of benzene rings is 1. The van der Waals surface area contributed by atoms with Gasteiger partial charge in [-0.15, -0.1) is 0 Å². The van der Waals surface area contributed by atoms with E-state index in [2.05, 4.69) is 22.3 Å². The number of hydrogen-bond acceptors (Lipinski definition) is 5. The summed E-state index contributed by atoms with van der Waals surface area (Å²) in [5.74, 6) is 0.717. The van der Waals surface area contributed by atoms with Crippen LogP contribution in [0.1, 0.15) is 33.4 Å². The van der Waals surface area contributed by atoms with Gasteiger partial charge in [0.1, 0.15) is 5.76 Å². The van der Waals surface area contributed by atoms with Crippen LogP contribution in [0, 0.1) is 6.92 Å². The van der Waals surface area contributed by atoms with Crippen molar-refractivity contribution in [2.75, 3.05) is 38.0 Å². The largest absolute Gasteiger partial charge is 0.360 e. The Labute approximate surface area is 146 Å². The Balaban J connectivity index is 1.61. The van der Waals surface area contributed by atoms with E-state index in [-0.39, 0.29) is 11.8 Å². The van der Waals surface area contributed by atoms with E-state index in [0.29, 0.717) is 22.7 Å². The summed E-state index contributed by atoms with van der Waals surface area (Å²) in [4.78, 5) is 28.9. The van der Waals surface area contributed by atoms with Gasteiger partial charge in [0.05, 0.1) is 0 Å². The molecule has 0 bridgehead atoms. The normalized spacial score (nSPS) is 15.2. The summed E-state index contributed by atoms with van der Waals surface area (Å²) < 4.78 is 4.92. The fraction of sp³-hybridized carbons (Fsp3) is 0.389. The summed E-state index contributed by atoms with van der Waals surface area (Å²) in [5.41, 5.74) is 1.06. The number of nitrogens with zero attached hydrogens (tertiary/aromatic N) is 3. The zero-order valence-electron chi connectivity index (χ0n) is 14.5. The van der Waals surface area contributed by atoms with Crippen molar-refractivity contribution in [3.8, 4) is 0 Å². The maximum atomic E-state index is 12.6. The Morgan fingerprint density at radius 1 is 1.12 bits per heavy atom. The summed E-state index contributed by atoms with van der Waals surface area (Å²) in [7, 11) is 0. The van der Waals surface area contributed by atoms with Crippen LogP contribution < -0.4 is 5.32 Å². The van der Waals surface area contributed by atoms with Gasteiger partial charge in [0.25, 0.3) is 11.8 Å². The number of amides is 2. The summed E-state index contributed by atoms with van der Waals surface area (Å²) in [5, 5.41) is 6.39. The van der Waals surface area contributed by atoms with Crippen molar-refractivity contribution in [2.24, 2.45) is 0 Å². The molecular weight excluding hydrogens is 320 g/mol. The molecule has 3 rings (SSSR count). The predicted molar refractivity (Wildman–Crippen MR) is 93.7 cm³/mol. The zero-order chi connectivity index (χ0) is 17.8. The van der Waals surface area contributed by atoms with Crippen molar-refractivity contribution < 1.29 is 14.1 Å². The summed E-state index contributed by atoms with van der Waals surface area (Å²) >= 11 is 0. The predicted octanol–water partition coefficient (Wildman–Crippen LogP) is 2.01. The van der Waals surface area contributed by atoms with E-state index in [4.69, 9.17) is 4.52 Å². The highest BCUT2D eigenvalue weighted by atomic mass is 16.5. The highest BCUT2D eigenvalue weighted by molar-refractivity contribution is 6.04. The molecule has 7 nitrogen and oxygen atoms in total. The number of anilines is 1. The number of rotatable bonds is 4. The molecule has 132 valence electrons. The van der Waals surface area contributed by atoms with Gasteiger partial charge < -0.3 is 19.6 Å². The molecule has 0 saturated carbocycles. The van der Waals surface area contributed by atoms with Crippen LogP contribution in [-0.2, 0) is 0 Å². The van der Waals surface area contributed by atoms with E-state index in [1.165, 1.54) is 0 Å². The lowest BCUT2D eigenvalue weighted by atomic mass is 10.1. The smallest absolute Gasteiger partial charge is 0.256 e. The van der Waals surface area contributed by atoms with Gasteiger partial charge in [0.15, 0.2) is 5.82 Å². The van der Waals surface area contributed by atoms with Crippen LogP contribution in [0.3, 0.4) is 0 Å². The number of aromatic nitrogens is 1. The van der Waals surface area contributed by atoms with Gasteiger partial charge in [-0.05, 0) is 37.7 Å². The van der Waals surface area contributed by atoms with Crippen LogP contribution in [-0.4, -0.2) is 59.5 Å². The van der Waals surface area contributed by atoms with Gasteiger partial charge in [-0.1, -0.05) is 12.1 Å². The summed E-state index contributed by atoms with van der Waals surface area (Å²) in [6, 6.07) is 8.33. The molecule has 2 aromatic rings. The second kappa shape index (κ2) is 7.48. The van der Waals surface area contributed by atoms with Gasteiger partial charge in [-0.2, -0.15) is 0 Å². The average molecular weight is 342 g/mol. The Morgan fingerprint density at radius 2 is 1.76 bits per heavy atom. The second-order valence-corrected chi connectivity index (χ2v) is 6.08. The van der Waals surface area contributed by atoms with E-state index in [1.54, 1.807) is 37.3 Å². The number of piperazine rings is 1. The van der Waals surface area contributed by atoms with Gasteiger partial charge in [-0.3, -0.25) is 9.59 Å². The number of likely N-dealkylation sites (N-methyl/N-ethyl adjacent to an activating group) is 1. The van der Waals surface area contributed by atoms with Crippen molar-refractivity contribution >= 4 is 17.6 Å². The molecule has 1 aromatic carbocycles. The third-order valence-corrected chi connectivity index (χ3v) is 4.37. The molecule has 2 heterocycles. The van der Waals surface area contributed by atoms with Crippen LogP contribution in [0.4, 0.5) is 5.82 Å². The monoisotopic (exact) mass is 342 g/mol. The number of nitrogens with one attached hydrogen (secondary N) is 1. The number of hydrogen-bond donors (Lipinski definition) is 1. The summed E-state index contributed by atoms with van der Waals surface area (Å²) in [6.45, 7) is 8.17. The molecule has 1 aliphatic heterocycles. The zero-order valence-corrected chi connectivity index (χ0v) is 14.5. The van der Waals surface area contributed by atoms with Crippen molar-refractivity contribution in [1.29, 1.82) is 0 Å². The first-order chi connectivity index (χ1) is 12.1. The molecule has 2 amide bonds. The molecule has 1 N–H and O–H groups in total. The lowest BCUT2D eigenvalue weighted by Gasteiger charge is -2.34. The molecule has 1 fully saturated rings. The lowest BCUT2D eigenvalue weighted by Crippen LogP contribution is -2.48. The van der Waals surface area contributed by atoms with Crippen LogP contribution in [0.25, 0.3) is 0 Å². The van der Waals surface area contributed by atoms with Crippen LogP contribution in [0.5, 0.6) is 0 Å². The van der Waals surface area contributed by atoms with E-state index in [1.807, 2.05) is 4.90 Å². The van der Waals surface area contributed by atoms with E-state index in [9.17, 15) is 9.59 Å². The summed E-state index contributed by atoms with van der Waals surface area (Å²) in [6.07, 6.45) is 0. The first kappa shape index (κ1) is 17.2. The highest BCUT2D eigenvalue weighted by Gasteiger charge is 2.21. The van der Waals surface area contributed by atoms with Gasteiger partial charge in [-0.25, -0.2) is 0 Å². The van der Waals surface area contributed by atoms with Crippen molar-refractivity contribution in [3.05, 3.63) is 47.2 Å². The van der Waals surface area contributed by atoms with Crippen molar-refractivity contribution in [2.45, 2.75) is 13.8 Å². The fourth-order valence-electron chi connectivity index (χ4n) is 2.83. The third kappa shape index (κ3) is 4.06. The molecule has 25 heavy (non-hydrogen) atoms. The minimum Gasteiger partial charge on any atom is -0.360 e. The van der Waals surface area contributed by atoms with Crippen LogP contribution in [0.15, 0.2) is 34.9 Å². The Hall–Kier alpha value is -2.67. The van der Waals surface area contributed by atoms with Crippen molar-refractivity contribution in [3.63, 3.8) is 0 Å². The highest BCUT2D eigenvalue weighted by Crippen LogP contribution is 2.13. The molecule has 7 heteroatoms. The van der Waals surface area contributed by atoms with Gasteiger partial charge in [0.2, 0.25) is 0 Å². The van der Waals surface area contributed by atoms with E-state index >= 15 is 0 Å². The SMILES string of the molecule is CCN1CCN(C(=O)c2ccc(C(=O)Nc3cc(C)on3)cc2)CC1. The van der Waals surface area contributed by atoms with Gasteiger partial charge >= 0.3 is 0 Å². The molecule has 1 aliphatic rings. The Morgan fingerprint density at radius 3 is 2.32 bits per heavy atom. The average Bonchev–Trinajstić information content (AvgIpc) is 3.06.